The van der Waals surface area contributed by atoms with Crippen molar-refractivity contribution in [1.82, 2.24) is 20.3 Å². The van der Waals surface area contributed by atoms with Gasteiger partial charge in [-0.25, -0.2) is 19.9 Å². The average Bonchev–Trinajstić information content (AvgIpc) is 3.24. The predicted octanol–water partition coefficient (Wildman–Crippen LogP) is 3.75. The van der Waals surface area contributed by atoms with Crippen molar-refractivity contribution >= 4 is 23.6 Å². The molecule has 11 heteroatoms. The number of alkyl halides is 3. The maximum absolute atomic E-state index is 13.8. The van der Waals surface area contributed by atoms with Crippen LogP contribution in [0.15, 0.2) is 53.3 Å². The molecule has 3 aromatic rings. The summed E-state index contributed by atoms with van der Waals surface area (Å²) in [5.74, 6) is -0.308. The van der Waals surface area contributed by atoms with Gasteiger partial charge in [-0.15, -0.1) is 13.2 Å². The summed E-state index contributed by atoms with van der Waals surface area (Å²) in [4.78, 5) is 25.9. The van der Waals surface area contributed by atoms with Crippen LogP contribution in [0.2, 0.25) is 0 Å². The van der Waals surface area contributed by atoms with E-state index in [0.717, 1.165) is 0 Å². The molecule has 8 nitrogen and oxygen atoms in total. The van der Waals surface area contributed by atoms with Crippen LogP contribution >= 0.6 is 0 Å². The van der Waals surface area contributed by atoms with Gasteiger partial charge in [0.25, 0.3) is 6.01 Å². The Bertz CT molecular complexity index is 1090. The van der Waals surface area contributed by atoms with Crippen molar-refractivity contribution in [1.29, 1.82) is 0 Å². The number of benzene rings is 1. The lowest BCUT2D eigenvalue weighted by atomic mass is 10.0. The van der Waals surface area contributed by atoms with E-state index in [2.05, 4.69) is 20.3 Å². The summed E-state index contributed by atoms with van der Waals surface area (Å²) in [6.45, 7) is 4.81. The third kappa shape index (κ3) is 4.23. The van der Waals surface area contributed by atoms with Gasteiger partial charge in [0.15, 0.2) is 5.76 Å². The minimum Gasteiger partial charge on any atom is -0.423 e. The topological polar surface area (TPSA) is 87.4 Å². The summed E-state index contributed by atoms with van der Waals surface area (Å²) >= 11 is 0. The smallest absolute Gasteiger partial charge is 0.423 e. The number of halogens is 3. The zero-order chi connectivity index (χ0) is 22.9. The highest BCUT2D eigenvalue weighted by molar-refractivity contribution is 5.86. The van der Waals surface area contributed by atoms with Gasteiger partial charge in [0.05, 0.1) is 11.9 Å². The van der Waals surface area contributed by atoms with Crippen molar-refractivity contribution in [2.24, 2.45) is 5.92 Å². The van der Waals surface area contributed by atoms with Crippen molar-refractivity contribution in [3.05, 3.63) is 48.9 Å². The number of aromatic nitrogens is 3. The molecule has 3 heterocycles. The molecular weight excluding hydrogens is 425 g/mol. The lowest BCUT2D eigenvalue weighted by Crippen LogP contribution is -2.57. The summed E-state index contributed by atoms with van der Waals surface area (Å²) in [6, 6.07) is 6.99. The Labute approximate surface area is 182 Å². The minimum atomic E-state index is -4.74. The van der Waals surface area contributed by atoms with Crippen LogP contribution in [0.3, 0.4) is 0 Å². The van der Waals surface area contributed by atoms with E-state index >= 15 is 0 Å². The summed E-state index contributed by atoms with van der Waals surface area (Å²) in [7, 11) is 0. The second kappa shape index (κ2) is 8.48. The lowest BCUT2D eigenvalue weighted by Gasteiger charge is -2.36. The Morgan fingerprint density at radius 2 is 1.94 bits per heavy atom. The molecule has 0 radical (unpaired) electrons. The van der Waals surface area contributed by atoms with Crippen molar-refractivity contribution < 1.29 is 22.4 Å². The van der Waals surface area contributed by atoms with Crippen LogP contribution in [0.4, 0.5) is 30.8 Å². The van der Waals surface area contributed by atoms with Crippen LogP contribution < -0.4 is 15.1 Å². The summed E-state index contributed by atoms with van der Waals surface area (Å²) < 4.78 is 47.2. The number of anilines is 3. The van der Waals surface area contributed by atoms with Crippen molar-refractivity contribution in [2.45, 2.75) is 26.2 Å². The van der Waals surface area contributed by atoms with E-state index in [1.165, 1.54) is 42.9 Å². The first-order valence-corrected chi connectivity index (χ1v) is 10.0. The van der Waals surface area contributed by atoms with E-state index in [9.17, 15) is 18.0 Å². The Morgan fingerprint density at radius 1 is 1.19 bits per heavy atom. The second-order valence-electron chi connectivity index (χ2n) is 7.58. The van der Waals surface area contributed by atoms with E-state index < -0.39 is 18.3 Å². The summed E-state index contributed by atoms with van der Waals surface area (Å²) in [5.41, 5.74) is 0.227. The van der Waals surface area contributed by atoms with Gasteiger partial charge in [0, 0.05) is 31.0 Å². The average molecular weight is 446 g/mol. The molecule has 1 aliphatic heterocycles. The van der Waals surface area contributed by atoms with E-state index in [1.807, 2.05) is 13.8 Å². The Morgan fingerprint density at radius 3 is 2.62 bits per heavy atom. The van der Waals surface area contributed by atoms with Crippen LogP contribution in [0.5, 0.6) is 0 Å². The molecule has 32 heavy (non-hydrogen) atoms. The molecule has 0 saturated carbocycles. The van der Waals surface area contributed by atoms with Crippen molar-refractivity contribution in [3.63, 3.8) is 0 Å². The lowest BCUT2D eigenvalue weighted by molar-refractivity contribution is -0.124. The standard InChI is InChI=1S/C21H21F3N6O2/c1-13(2)17-18(31)25-9-10-29(17)20-28-12-16(32-20)14-5-3-6-15(11-14)30(21(22,23)24)19-26-7-4-8-27-19/h3-8,11-13,17H,9-10H2,1-2H3,(H,25,31). The van der Waals surface area contributed by atoms with Crippen LogP contribution in [-0.2, 0) is 4.79 Å². The van der Waals surface area contributed by atoms with Gasteiger partial charge in [-0.1, -0.05) is 26.0 Å². The third-order valence-electron chi connectivity index (χ3n) is 5.02. The van der Waals surface area contributed by atoms with Gasteiger partial charge in [-0.2, -0.15) is 0 Å². The monoisotopic (exact) mass is 446 g/mol. The van der Waals surface area contributed by atoms with Crippen LogP contribution in [0.25, 0.3) is 11.3 Å². The Hall–Kier alpha value is -3.63. The van der Waals surface area contributed by atoms with Crippen LogP contribution in [0.1, 0.15) is 13.8 Å². The highest BCUT2D eigenvalue weighted by Crippen LogP contribution is 2.37. The number of piperazine rings is 1. The molecule has 168 valence electrons. The number of hydrogen-bond donors (Lipinski definition) is 1. The van der Waals surface area contributed by atoms with Crippen LogP contribution in [0, 0.1) is 5.92 Å². The Kier molecular flexibility index (Phi) is 5.72. The molecule has 1 amide bonds. The molecule has 1 fully saturated rings. The fourth-order valence-electron chi connectivity index (χ4n) is 3.67. The zero-order valence-electron chi connectivity index (χ0n) is 17.4. The van der Waals surface area contributed by atoms with Gasteiger partial charge in [-0.05, 0) is 24.1 Å². The molecule has 1 atom stereocenters. The number of carbonyl (C=O) groups is 1. The zero-order valence-corrected chi connectivity index (χ0v) is 17.4. The first-order chi connectivity index (χ1) is 15.3. The molecule has 1 unspecified atom stereocenters. The van der Waals surface area contributed by atoms with E-state index in [1.54, 1.807) is 11.0 Å². The third-order valence-corrected chi connectivity index (χ3v) is 5.02. The number of hydrogen-bond acceptors (Lipinski definition) is 7. The van der Waals surface area contributed by atoms with Crippen LogP contribution in [-0.4, -0.2) is 46.3 Å². The number of oxazole rings is 1. The largest absolute Gasteiger partial charge is 0.491 e. The molecule has 2 aromatic heterocycles. The van der Waals surface area contributed by atoms with E-state index in [4.69, 9.17) is 4.42 Å². The van der Waals surface area contributed by atoms with E-state index in [-0.39, 0.29) is 34.2 Å². The number of rotatable bonds is 5. The van der Waals surface area contributed by atoms with Gasteiger partial charge in [0.1, 0.15) is 6.04 Å². The molecule has 0 spiro atoms. The van der Waals surface area contributed by atoms with Gasteiger partial charge in [0.2, 0.25) is 11.9 Å². The summed E-state index contributed by atoms with van der Waals surface area (Å²) in [6.07, 6.45) is -0.811. The van der Waals surface area contributed by atoms with Gasteiger partial charge in [-0.3, -0.25) is 4.79 Å². The van der Waals surface area contributed by atoms with E-state index in [0.29, 0.717) is 18.7 Å². The molecule has 0 bridgehead atoms. The normalized spacial score (nSPS) is 16.9. The second-order valence-corrected chi connectivity index (χ2v) is 7.58. The van der Waals surface area contributed by atoms with Gasteiger partial charge >= 0.3 is 6.30 Å². The van der Waals surface area contributed by atoms with Gasteiger partial charge < -0.3 is 14.6 Å². The molecule has 1 N–H and O–H groups in total. The number of nitrogens with one attached hydrogen (secondary N) is 1. The summed E-state index contributed by atoms with van der Waals surface area (Å²) in [5, 5.41) is 2.83. The minimum absolute atomic E-state index is 0.0141. The predicted molar refractivity (Wildman–Crippen MR) is 111 cm³/mol. The molecule has 1 aliphatic rings. The molecule has 1 saturated heterocycles. The maximum atomic E-state index is 13.8. The number of carbonyl (C=O) groups excluding carboxylic acids is 1. The first-order valence-electron chi connectivity index (χ1n) is 10.0. The molecular formula is C21H21F3N6O2. The molecule has 0 aliphatic carbocycles. The fourth-order valence-corrected chi connectivity index (χ4v) is 3.67. The first kappa shape index (κ1) is 21.6. The quantitative estimate of drug-likeness (QED) is 0.598. The highest BCUT2D eigenvalue weighted by Gasteiger charge is 2.41. The SMILES string of the molecule is CC(C)C1C(=O)NCCN1c1ncc(-c2cccc(N(c3ncccn3)C(F)(F)F)c2)o1. The maximum Gasteiger partial charge on any atom is 0.491 e. The molecule has 1 aromatic carbocycles. The number of amides is 1. The highest BCUT2D eigenvalue weighted by atomic mass is 19.4. The number of nitrogens with zero attached hydrogens (tertiary/aromatic N) is 5. The van der Waals surface area contributed by atoms with Crippen molar-refractivity contribution in [2.75, 3.05) is 22.9 Å². The Balaban J connectivity index is 1.67. The fraction of sp³-hybridized carbons (Fsp3) is 0.333. The van der Waals surface area contributed by atoms with Crippen molar-refractivity contribution in [3.8, 4) is 11.3 Å². The molecule has 4 rings (SSSR count).